The van der Waals surface area contributed by atoms with Crippen LogP contribution in [0.5, 0.6) is 0 Å². The lowest BCUT2D eigenvalue weighted by molar-refractivity contribution is -0.167. The lowest BCUT2D eigenvalue weighted by atomic mass is 10.1. The minimum absolute atomic E-state index is 0.0378. The van der Waals surface area contributed by atoms with Gasteiger partial charge in [-0.05, 0) is 29.2 Å². The van der Waals surface area contributed by atoms with Crippen LogP contribution in [0.1, 0.15) is 26.3 Å². The number of aromatic nitrogens is 1. The van der Waals surface area contributed by atoms with E-state index in [2.05, 4.69) is 4.37 Å². The van der Waals surface area contributed by atoms with Crippen molar-refractivity contribution in [2.24, 2.45) is 0 Å². The number of benzene rings is 1. The van der Waals surface area contributed by atoms with Crippen LogP contribution in [0, 0.1) is 0 Å². The highest BCUT2D eigenvalue weighted by Gasteiger charge is 2.38. The Labute approximate surface area is 117 Å². The molecule has 0 atom stereocenters. The summed E-state index contributed by atoms with van der Waals surface area (Å²) in [6.07, 6.45) is 1.50. The third-order valence-electron chi connectivity index (χ3n) is 2.78. The van der Waals surface area contributed by atoms with Crippen molar-refractivity contribution in [3.05, 3.63) is 52.5 Å². The second-order valence-corrected chi connectivity index (χ2v) is 4.78. The molecule has 0 aliphatic carbocycles. The Bertz CT molecular complexity index is 661. The van der Waals surface area contributed by atoms with Crippen LogP contribution in [0.15, 0.2) is 35.8 Å². The first kappa shape index (κ1) is 12.5. The van der Waals surface area contributed by atoms with Crippen molar-refractivity contribution >= 4 is 29.3 Å². The number of nitrogens with zero attached hydrogens (tertiary/aromatic N) is 2. The number of imide groups is 1. The van der Waals surface area contributed by atoms with Gasteiger partial charge in [-0.3, -0.25) is 9.59 Å². The Balaban J connectivity index is 1.75. The first-order valence-corrected chi connectivity index (χ1v) is 6.57. The van der Waals surface area contributed by atoms with Crippen molar-refractivity contribution in [1.29, 1.82) is 0 Å². The summed E-state index contributed by atoms with van der Waals surface area (Å²) in [5, 5.41) is 2.20. The van der Waals surface area contributed by atoms with E-state index in [1.807, 2.05) is 0 Å². The SMILES string of the molecule is O=C(Cc1cnsc1)ON1C(=O)c2ccccc2C1=O. The molecule has 0 unspecified atom stereocenters. The average Bonchev–Trinajstić information content (AvgIpc) is 3.03. The highest BCUT2D eigenvalue weighted by Crippen LogP contribution is 2.22. The molecule has 0 saturated heterocycles. The molecule has 1 aromatic carbocycles. The molecule has 6 nitrogen and oxygen atoms in total. The molecule has 100 valence electrons. The topological polar surface area (TPSA) is 76.6 Å². The van der Waals surface area contributed by atoms with Gasteiger partial charge >= 0.3 is 5.97 Å². The summed E-state index contributed by atoms with van der Waals surface area (Å²) >= 11 is 1.21. The van der Waals surface area contributed by atoms with E-state index in [4.69, 9.17) is 4.84 Å². The van der Waals surface area contributed by atoms with Crippen LogP contribution in [0.3, 0.4) is 0 Å². The minimum Gasteiger partial charge on any atom is -0.329 e. The normalized spacial score (nSPS) is 13.5. The Morgan fingerprint density at radius 1 is 1.20 bits per heavy atom. The summed E-state index contributed by atoms with van der Waals surface area (Å²) < 4.78 is 3.86. The zero-order valence-corrected chi connectivity index (χ0v) is 10.9. The number of hydrogen-bond acceptors (Lipinski definition) is 6. The van der Waals surface area contributed by atoms with Gasteiger partial charge in [0.2, 0.25) is 0 Å². The van der Waals surface area contributed by atoms with Crippen LogP contribution >= 0.6 is 11.5 Å². The maximum atomic E-state index is 12.0. The van der Waals surface area contributed by atoms with Crippen molar-refractivity contribution < 1.29 is 19.2 Å². The van der Waals surface area contributed by atoms with Crippen LogP contribution < -0.4 is 0 Å². The summed E-state index contributed by atoms with van der Waals surface area (Å²) in [4.78, 5) is 40.5. The Kier molecular flexibility index (Phi) is 3.03. The fourth-order valence-corrected chi connectivity index (χ4v) is 2.40. The molecule has 20 heavy (non-hydrogen) atoms. The third kappa shape index (κ3) is 2.08. The van der Waals surface area contributed by atoms with E-state index in [-0.39, 0.29) is 17.5 Å². The maximum Gasteiger partial charge on any atom is 0.337 e. The van der Waals surface area contributed by atoms with E-state index in [0.717, 1.165) is 0 Å². The lowest BCUT2D eigenvalue weighted by Crippen LogP contribution is -2.33. The van der Waals surface area contributed by atoms with Gasteiger partial charge in [0.1, 0.15) is 0 Å². The minimum atomic E-state index is -0.681. The number of rotatable bonds is 3. The second kappa shape index (κ2) is 4.86. The molecule has 0 spiro atoms. The summed E-state index contributed by atoms with van der Waals surface area (Å²) in [7, 11) is 0. The van der Waals surface area contributed by atoms with E-state index < -0.39 is 17.8 Å². The van der Waals surface area contributed by atoms with Gasteiger partial charge in [-0.2, -0.15) is 0 Å². The molecule has 7 heteroatoms. The van der Waals surface area contributed by atoms with Gasteiger partial charge in [0, 0.05) is 11.6 Å². The Morgan fingerprint density at radius 3 is 2.40 bits per heavy atom. The monoisotopic (exact) mass is 288 g/mol. The number of hydrogen-bond donors (Lipinski definition) is 0. The largest absolute Gasteiger partial charge is 0.337 e. The van der Waals surface area contributed by atoms with Crippen molar-refractivity contribution in [2.75, 3.05) is 0 Å². The molecular weight excluding hydrogens is 280 g/mol. The number of carbonyl (C=O) groups excluding carboxylic acids is 3. The second-order valence-electron chi connectivity index (χ2n) is 4.12. The van der Waals surface area contributed by atoms with Crippen molar-refractivity contribution in [1.82, 2.24) is 9.44 Å². The molecule has 2 amide bonds. The molecule has 2 aromatic rings. The summed E-state index contributed by atoms with van der Waals surface area (Å²) in [6.45, 7) is 0. The predicted molar refractivity (Wildman–Crippen MR) is 68.9 cm³/mol. The van der Waals surface area contributed by atoms with E-state index in [1.54, 1.807) is 17.5 Å². The Morgan fingerprint density at radius 2 is 1.85 bits per heavy atom. The first-order valence-electron chi connectivity index (χ1n) is 5.73. The lowest BCUT2D eigenvalue weighted by Gasteiger charge is -2.12. The zero-order chi connectivity index (χ0) is 14.1. The highest BCUT2D eigenvalue weighted by atomic mass is 32.1. The van der Waals surface area contributed by atoms with E-state index >= 15 is 0 Å². The smallest absolute Gasteiger partial charge is 0.329 e. The fraction of sp³-hybridized carbons (Fsp3) is 0.0769. The predicted octanol–water partition coefficient (Wildman–Crippen LogP) is 1.44. The third-order valence-corrected chi connectivity index (χ3v) is 3.42. The van der Waals surface area contributed by atoms with Crippen molar-refractivity contribution in [3.8, 4) is 0 Å². The van der Waals surface area contributed by atoms with Gasteiger partial charge in [-0.15, -0.1) is 0 Å². The standard InChI is InChI=1S/C13H8N2O4S/c16-11(5-8-6-14-20-7-8)19-15-12(17)9-3-1-2-4-10(9)13(15)18/h1-4,6-7H,5H2. The van der Waals surface area contributed by atoms with Crippen LogP contribution in [-0.4, -0.2) is 27.2 Å². The number of hydroxylamine groups is 2. The van der Waals surface area contributed by atoms with Gasteiger partial charge < -0.3 is 4.84 Å². The summed E-state index contributed by atoms with van der Waals surface area (Å²) in [5.74, 6) is -1.93. The average molecular weight is 288 g/mol. The molecule has 3 rings (SSSR count). The number of carbonyl (C=O) groups is 3. The quantitative estimate of drug-likeness (QED) is 0.799. The highest BCUT2D eigenvalue weighted by molar-refractivity contribution is 7.03. The molecule has 1 aliphatic heterocycles. The van der Waals surface area contributed by atoms with E-state index in [0.29, 0.717) is 10.6 Å². The van der Waals surface area contributed by atoms with Crippen LogP contribution in [0.4, 0.5) is 0 Å². The van der Waals surface area contributed by atoms with Gasteiger partial charge in [-0.1, -0.05) is 17.2 Å². The summed E-state index contributed by atoms with van der Waals surface area (Å²) in [5.41, 5.74) is 1.15. The molecule has 0 fully saturated rings. The zero-order valence-electron chi connectivity index (χ0n) is 10.1. The molecule has 1 aromatic heterocycles. The first-order chi connectivity index (χ1) is 9.66. The maximum absolute atomic E-state index is 12.0. The van der Waals surface area contributed by atoms with Crippen molar-refractivity contribution in [3.63, 3.8) is 0 Å². The molecule has 0 N–H and O–H groups in total. The molecule has 1 aliphatic rings. The van der Waals surface area contributed by atoms with Gasteiger partial charge in [0.25, 0.3) is 11.8 Å². The number of amides is 2. The summed E-state index contributed by atoms with van der Waals surface area (Å²) in [6, 6.07) is 6.33. The molecule has 2 heterocycles. The van der Waals surface area contributed by atoms with Gasteiger partial charge in [-0.25, -0.2) is 9.17 Å². The van der Waals surface area contributed by atoms with Crippen LogP contribution in [-0.2, 0) is 16.1 Å². The molecular formula is C13H8N2O4S. The Hall–Kier alpha value is -2.54. The molecule has 0 bridgehead atoms. The van der Waals surface area contributed by atoms with Gasteiger partial charge in [0.05, 0.1) is 17.5 Å². The van der Waals surface area contributed by atoms with Gasteiger partial charge in [0.15, 0.2) is 0 Å². The molecule has 0 radical (unpaired) electrons. The molecule has 0 saturated carbocycles. The number of fused-ring (bicyclic) bond motifs is 1. The van der Waals surface area contributed by atoms with E-state index in [9.17, 15) is 14.4 Å². The van der Waals surface area contributed by atoms with E-state index in [1.165, 1.54) is 29.9 Å². The van der Waals surface area contributed by atoms with Crippen LogP contribution in [0.25, 0.3) is 0 Å². The fourth-order valence-electron chi connectivity index (χ4n) is 1.86. The van der Waals surface area contributed by atoms with Crippen LogP contribution in [0.2, 0.25) is 0 Å². The van der Waals surface area contributed by atoms with Crippen molar-refractivity contribution in [2.45, 2.75) is 6.42 Å².